The highest BCUT2D eigenvalue weighted by molar-refractivity contribution is 5.86. The summed E-state index contributed by atoms with van der Waals surface area (Å²) in [5, 5.41) is 8.73. The number of Topliss-reactive ketones (excluding diaryl/α,β-unsaturated/α-hetero) is 1. The van der Waals surface area contributed by atoms with E-state index in [9.17, 15) is 9.59 Å². The summed E-state index contributed by atoms with van der Waals surface area (Å²) in [6.45, 7) is 8.51. The number of carboxylic acid groups (broad SMARTS) is 1. The third-order valence-corrected chi connectivity index (χ3v) is 4.32. The first kappa shape index (κ1) is 15.2. The molecule has 0 spiro atoms. The van der Waals surface area contributed by atoms with Crippen LogP contribution in [-0.2, 0) is 9.59 Å². The van der Waals surface area contributed by atoms with E-state index in [4.69, 9.17) is 5.11 Å². The lowest BCUT2D eigenvalue weighted by Crippen LogP contribution is -2.31. The van der Waals surface area contributed by atoms with Crippen LogP contribution >= 0.6 is 0 Å². The Labute approximate surface area is 110 Å². The van der Waals surface area contributed by atoms with Crippen LogP contribution in [0.25, 0.3) is 0 Å². The van der Waals surface area contributed by atoms with Gasteiger partial charge in [0.25, 0.3) is 0 Å². The van der Waals surface area contributed by atoms with Crippen molar-refractivity contribution >= 4 is 11.8 Å². The maximum atomic E-state index is 12.1. The van der Waals surface area contributed by atoms with E-state index < -0.39 is 5.97 Å². The van der Waals surface area contributed by atoms with Gasteiger partial charge in [-0.25, -0.2) is 0 Å². The van der Waals surface area contributed by atoms with Gasteiger partial charge in [-0.3, -0.25) is 9.59 Å². The molecule has 1 saturated carbocycles. The Morgan fingerprint density at radius 1 is 1.17 bits per heavy atom. The van der Waals surface area contributed by atoms with E-state index in [1.165, 1.54) is 0 Å². The van der Waals surface area contributed by atoms with E-state index in [-0.39, 0.29) is 24.0 Å². The molecule has 1 aliphatic carbocycles. The van der Waals surface area contributed by atoms with Crippen molar-refractivity contribution in [1.29, 1.82) is 0 Å². The van der Waals surface area contributed by atoms with Crippen LogP contribution in [0, 0.1) is 23.2 Å². The summed E-state index contributed by atoms with van der Waals surface area (Å²) in [4.78, 5) is 22.8. The molecule has 1 unspecified atom stereocenters. The second-order valence-electron chi connectivity index (χ2n) is 6.82. The van der Waals surface area contributed by atoms with Crippen LogP contribution in [0.4, 0.5) is 0 Å². The zero-order valence-electron chi connectivity index (χ0n) is 12.0. The molecule has 0 saturated heterocycles. The van der Waals surface area contributed by atoms with Gasteiger partial charge in [-0.15, -0.1) is 0 Å². The smallest absolute Gasteiger partial charge is 0.304 e. The maximum Gasteiger partial charge on any atom is 0.304 e. The highest BCUT2D eigenvalue weighted by Crippen LogP contribution is 2.40. The van der Waals surface area contributed by atoms with Crippen LogP contribution in [0.5, 0.6) is 0 Å². The molecule has 0 aromatic heterocycles. The van der Waals surface area contributed by atoms with Crippen LogP contribution in [0.2, 0.25) is 0 Å². The van der Waals surface area contributed by atoms with Crippen molar-refractivity contribution in [2.75, 3.05) is 0 Å². The molecule has 1 atom stereocenters. The van der Waals surface area contributed by atoms with Crippen molar-refractivity contribution in [2.24, 2.45) is 23.2 Å². The highest BCUT2D eigenvalue weighted by atomic mass is 16.4. The van der Waals surface area contributed by atoms with Gasteiger partial charge in [-0.1, -0.05) is 27.7 Å². The van der Waals surface area contributed by atoms with E-state index in [0.29, 0.717) is 11.3 Å². The molecule has 0 aromatic rings. The summed E-state index contributed by atoms with van der Waals surface area (Å²) >= 11 is 0. The van der Waals surface area contributed by atoms with Crippen molar-refractivity contribution < 1.29 is 14.7 Å². The van der Waals surface area contributed by atoms with E-state index in [0.717, 1.165) is 25.7 Å². The van der Waals surface area contributed by atoms with Gasteiger partial charge in [0.05, 0.1) is 6.42 Å². The third kappa shape index (κ3) is 4.11. The normalized spacial score (nSPS) is 26.7. The average Bonchev–Trinajstić information content (AvgIpc) is 2.26. The number of carboxylic acids is 1. The molecule has 0 heterocycles. The molecule has 104 valence electrons. The van der Waals surface area contributed by atoms with E-state index in [2.05, 4.69) is 20.8 Å². The van der Waals surface area contributed by atoms with Crippen LogP contribution in [0.1, 0.15) is 59.8 Å². The predicted molar refractivity (Wildman–Crippen MR) is 71.3 cm³/mol. The molecule has 0 bridgehead atoms. The fourth-order valence-corrected chi connectivity index (χ4v) is 3.01. The van der Waals surface area contributed by atoms with Crippen molar-refractivity contribution in [1.82, 2.24) is 0 Å². The first-order valence-electron chi connectivity index (χ1n) is 6.97. The van der Waals surface area contributed by atoms with Crippen molar-refractivity contribution in [3.63, 3.8) is 0 Å². The summed E-state index contributed by atoms with van der Waals surface area (Å²) in [6, 6.07) is 0. The van der Waals surface area contributed by atoms with Gasteiger partial charge in [0, 0.05) is 11.8 Å². The lowest BCUT2D eigenvalue weighted by molar-refractivity contribution is -0.141. The minimum atomic E-state index is -0.876. The molecule has 0 aliphatic heterocycles. The van der Waals surface area contributed by atoms with Gasteiger partial charge in [-0.05, 0) is 37.0 Å². The Morgan fingerprint density at radius 3 is 2.06 bits per heavy atom. The molecule has 18 heavy (non-hydrogen) atoms. The number of carbonyl (C=O) groups is 2. The summed E-state index contributed by atoms with van der Waals surface area (Å²) in [5.41, 5.74) is 0.320. The lowest BCUT2D eigenvalue weighted by atomic mass is 9.68. The third-order valence-electron chi connectivity index (χ3n) is 4.32. The minimum absolute atomic E-state index is 0.0297. The molecule has 0 radical (unpaired) electrons. The number of aliphatic carboxylic acids is 1. The zero-order chi connectivity index (χ0) is 13.9. The molecule has 1 rings (SSSR count). The Morgan fingerprint density at radius 2 is 1.67 bits per heavy atom. The SMILES string of the molecule is CC(CC(=O)O)C(=O)C1CCC(C(C)(C)C)CC1. The van der Waals surface area contributed by atoms with Crippen molar-refractivity contribution in [3.8, 4) is 0 Å². The number of ketones is 1. The predicted octanol–water partition coefficient (Wildman–Crippen LogP) is 3.52. The molecule has 3 nitrogen and oxygen atoms in total. The summed E-state index contributed by atoms with van der Waals surface area (Å²) in [6.07, 6.45) is 4.03. The average molecular weight is 254 g/mol. The maximum absolute atomic E-state index is 12.1. The first-order valence-corrected chi connectivity index (χ1v) is 6.97. The van der Waals surface area contributed by atoms with Gasteiger partial charge in [0.1, 0.15) is 5.78 Å². The van der Waals surface area contributed by atoms with Crippen molar-refractivity contribution in [3.05, 3.63) is 0 Å². The Bertz CT molecular complexity index is 306. The Balaban J connectivity index is 2.48. The zero-order valence-corrected chi connectivity index (χ0v) is 12.0. The van der Waals surface area contributed by atoms with Gasteiger partial charge < -0.3 is 5.11 Å². The van der Waals surface area contributed by atoms with Crippen molar-refractivity contribution in [2.45, 2.75) is 59.8 Å². The molecule has 1 aliphatic rings. The Hall–Kier alpha value is -0.860. The summed E-state index contributed by atoms with van der Waals surface area (Å²) < 4.78 is 0. The number of hydrogen-bond donors (Lipinski definition) is 1. The standard InChI is InChI=1S/C15H26O3/c1-10(9-13(16)17)14(18)11-5-7-12(8-6-11)15(2,3)4/h10-12H,5-9H2,1-4H3,(H,16,17). The summed E-state index contributed by atoms with van der Waals surface area (Å²) in [5.74, 6) is -0.267. The fraction of sp³-hybridized carbons (Fsp3) is 0.867. The number of carbonyl (C=O) groups excluding carboxylic acids is 1. The van der Waals surface area contributed by atoms with Gasteiger partial charge in [0.15, 0.2) is 0 Å². The van der Waals surface area contributed by atoms with Crippen LogP contribution in [0.15, 0.2) is 0 Å². The molecular formula is C15H26O3. The monoisotopic (exact) mass is 254 g/mol. The van der Waals surface area contributed by atoms with Gasteiger partial charge in [0.2, 0.25) is 0 Å². The first-order chi connectivity index (χ1) is 8.21. The second-order valence-corrected chi connectivity index (χ2v) is 6.82. The van der Waals surface area contributed by atoms with Gasteiger partial charge >= 0.3 is 5.97 Å². The lowest BCUT2D eigenvalue weighted by Gasteiger charge is -2.37. The number of rotatable bonds is 4. The molecule has 0 aromatic carbocycles. The van der Waals surface area contributed by atoms with E-state index in [1.54, 1.807) is 6.92 Å². The highest BCUT2D eigenvalue weighted by Gasteiger charge is 2.33. The molecule has 1 N–H and O–H groups in total. The fourth-order valence-electron chi connectivity index (χ4n) is 3.01. The van der Waals surface area contributed by atoms with Crippen LogP contribution in [0.3, 0.4) is 0 Å². The largest absolute Gasteiger partial charge is 0.481 e. The minimum Gasteiger partial charge on any atom is -0.481 e. The molecule has 1 fully saturated rings. The van der Waals surface area contributed by atoms with Gasteiger partial charge in [-0.2, -0.15) is 0 Å². The topological polar surface area (TPSA) is 54.4 Å². The second kappa shape index (κ2) is 5.85. The number of hydrogen-bond acceptors (Lipinski definition) is 2. The molecule has 3 heteroatoms. The van der Waals surface area contributed by atoms with E-state index >= 15 is 0 Å². The quantitative estimate of drug-likeness (QED) is 0.835. The summed E-state index contributed by atoms with van der Waals surface area (Å²) in [7, 11) is 0. The Kier molecular flexibility index (Phi) is 4.94. The molecule has 0 amide bonds. The van der Waals surface area contributed by atoms with Crippen LogP contribution < -0.4 is 0 Å². The molecular weight excluding hydrogens is 228 g/mol. The van der Waals surface area contributed by atoms with E-state index in [1.807, 2.05) is 0 Å². The van der Waals surface area contributed by atoms with Crippen LogP contribution in [-0.4, -0.2) is 16.9 Å².